The summed E-state index contributed by atoms with van der Waals surface area (Å²) < 4.78 is 12.7. The third-order valence-electron chi connectivity index (χ3n) is 5.47. The molecule has 1 atom stereocenters. The topological polar surface area (TPSA) is 104 Å². The van der Waals surface area contributed by atoms with E-state index in [-0.39, 0.29) is 18.3 Å². The van der Waals surface area contributed by atoms with Crippen molar-refractivity contribution in [3.63, 3.8) is 0 Å². The fourth-order valence-electron chi connectivity index (χ4n) is 3.27. The van der Waals surface area contributed by atoms with Gasteiger partial charge < -0.3 is 14.8 Å². The third-order valence-corrected chi connectivity index (χ3v) is 5.47. The lowest BCUT2D eigenvalue weighted by Gasteiger charge is -2.15. The number of carbonyl (C=O) groups excluding carboxylic acids is 1. The van der Waals surface area contributed by atoms with Gasteiger partial charge in [0.05, 0.1) is 26.5 Å². The van der Waals surface area contributed by atoms with Crippen LogP contribution in [0.1, 0.15) is 41.9 Å². The van der Waals surface area contributed by atoms with Crippen LogP contribution in [0.2, 0.25) is 0 Å². The van der Waals surface area contributed by atoms with Crippen molar-refractivity contribution < 1.29 is 14.3 Å². The number of aryl methyl sites for hydroxylation is 1. The van der Waals surface area contributed by atoms with Gasteiger partial charge in [0, 0.05) is 12.1 Å². The number of benzene rings is 2. The Bertz CT molecular complexity index is 1280. The van der Waals surface area contributed by atoms with Crippen LogP contribution in [0.4, 0.5) is 0 Å². The van der Waals surface area contributed by atoms with E-state index in [1.54, 1.807) is 18.2 Å². The quantitative estimate of drug-likeness (QED) is 0.562. The molecule has 1 amide bonds. The van der Waals surface area contributed by atoms with Crippen molar-refractivity contribution in [2.24, 2.45) is 0 Å². The Hall–Kier alpha value is -3.88. The molecule has 1 heterocycles. The highest BCUT2D eigenvalue weighted by Crippen LogP contribution is 2.28. The SMILES string of the molecule is CC[C@H](C)NC(=O)c1nn(-c2ccc(OC)c(OC)c2)c(=O)n(Cc2ccccc2C)c1=O. The average molecular weight is 453 g/mol. The van der Waals surface area contributed by atoms with Gasteiger partial charge in [0.2, 0.25) is 5.69 Å². The van der Waals surface area contributed by atoms with Crippen molar-refractivity contribution in [3.05, 3.63) is 80.1 Å². The molecule has 9 heteroatoms. The van der Waals surface area contributed by atoms with Gasteiger partial charge in [0.1, 0.15) is 0 Å². The number of methoxy groups -OCH3 is 2. The van der Waals surface area contributed by atoms with E-state index in [4.69, 9.17) is 9.47 Å². The second kappa shape index (κ2) is 10.2. The molecule has 0 aliphatic heterocycles. The maximum Gasteiger partial charge on any atom is 0.352 e. The molecule has 0 aliphatic carbocycles. The van der Waals surface area contributed by atoms with Gasteiger partial charge in [-0.2, -0.15) is 9.78 Å². The molecule has 174 valence electrons. The van der Waals surface area contributed by atoms with Gasteiger partial charge in [0.15, 0.2) is 11.5 Å². The fraction of sp³-hybridized carbons (Fsp3) is 0.333. The Kier molecular flexibility index (Phi) is 7.32. The van der Waals surface area contributed by atoms with Crippen LogP contribution in [-0.2, 0) is 6.54 Å². The molecular weight excluding hydrogens is 424 g/mol. The van der Waals surface area contributed by atoms with Crippen LogP contribution in [0.25, 0.3) is 5.69 Å². The summed E-state index contributed by atoms with van der Waals surface area (Å²) in [7, 11) is 2.98. The summed E-state index contributed by atoms with van der Waals surface area (Å²) in [6, 6.07) is 12.1. The van der Waals surface area contributed by atoms with Crippen LogP contribution < -0.4 is 26.0 Å². The van der Waals surface area contributed by atoms with E-state index in [2.05, 4.69) is 10.4 Å². The molecule has 0 bridgehead atoms. The number of carbonyl (C=O) groups is 1. The fourth-order valence-corrected chi connectivity index (χ4v) is 3.27. The smallest absolute Gasteiger partial charge is 0.352 e. The van der Waals surface area contributed by atoms with E-state index in [0.717, 1.165) is 20.4 Å². The van der Waals surface area contributed by atoms with E-state index >= 15 is 0 Å². The van der Waals surface area contributed by atoms with Crippen LogP contribution >= 0.6 is 0 Å². The van der Waals surface area contributed by atoms with Crippen LogP contribution in [-0.4, -0.2) is 40.5 Å². The summed E-state index contributed by atoms with van der Waals surface area (Å²) in [5, 5.41) is 6.90. The molecule has 0 unspecified atom stereocenters. The number of hydrogen-bond donors (Lipinski definition) is 1. The molecule has 0 spiro atoms. The molecule has 0 fully saturated rings. The second-order valence-electron chi connectivity index (χ2n) is 7.68. The number of aromatic nitrogens is 3. The van der Waals surface area contributed by atoms with E-state index in [0.29, 0.717) is 23.6 Å². The van der Waals surface area contributed by atoms with Crippen molar-refractivity contribution in [2.75, 3.05) is 14.2 Å². The predicted molar refractivity (Wildman–Crippen MR) is 125 cm³/mol. The molecule has 1 aromatic heterocycles. The second-order valence-corrected chi connectivity index (χ2v) is 7.68. The maximum atomic E-state index is 13.4. The Morgan fingerprint density at radius 3 is 2.42 bits per heavy atom. The lowest BCUT2D eigenvalue weighted by molar-refractivity contribution is 0.0929. The van der Waals surface area contributed by atoms with Gasteiger partial charge in [-0.3, -0.25) is 14.2 Å². The number of nitrogens with zero attached hydrogens (tertiary/aromatic N) is 3. The number of amides is 1. The van der Waals surface area contributed by atoms with Crippen LogP contribution in [0.3, 0.4) is 0 Å². The molecule has 3 aromatic rings. The van der Waals surface area contributed by atoms with Crippen molar-refractivity contribution in [1.82, 2.24) is 19.7 Å². The van der Waals surface area contributed by atoms with Gasteiger partial charge in [-0.15, -0.1) is 0 Å². The Balaban J connectivity index is 2.24. The van der Waals surface area contributed by atoms with Crippen molar-refractivity contribution in [2.45, 2.75) is 39.8 Å². The summed E-state index contributed by atoms with van der Waals surface area (Å²) in [5.74, 6) is 0.213. The summed E-state index contributed by atoms with van der Waals surface area (Å²) in [6.07, 6.45) is 0.679. The Labute approximate surface area is 191 Å². The zero-order valence-corrected chi connectivity index (χ0v) is 19.4. The molecule has 0 saturated heterocycles. The zero-order chi connectivity index (χ0) is 24.1. The minimum Gasteiger partial charge on any atom is -0.493 e. The molecule has 3 rings (SSSR count). The van der Waals surface area contributed by atoms with E-state index in [1.165, 1.54) is 14.2 Å². The van der Waals surface area contributed by atoms with Crippen molar-refractivity contribution in [3.8, 4) is 17.2 Å². The summed E-state index contributed by atoms with van der Waals surface area (Å²) in [5.41, 5.74) is 0.252. The van der Waals surface area contributed by atoms with Crippen molar-refractivity contribution in [1.29, 1.82) is 0 Å². The number of nitrogens with one attached hydrogen (secondary N) is 1. The first-order valence-electron chi connectivity index (χ1n) is 10.6. The first-order valence-corrected chi connectivity index (χ1v) is 10.6. The zero-order valence-electron chi connectivity index (χ0n) is 19.4. The van der Waals surface area contributed by atoms with Gasteiger partial charge in [-0.1, -0.05) is 31.2 Å². The lowest BCUT2D eigenvalue weighted by Crippen LogP contribution is -2.47. The number of hydrogen-bond acceptors (Lipinski definition) is 6. The van der Waals surface area contributed by atoms with Crippen LogP contribution in [0.5, 0.6) is 11.5 Å². The van der Waals surface area contributed by atoms with Gasteiger partial charge in [-0.05, 0) is 43.5 Å². The monoisotopic (exact) mass is 452 g/mol. The average Bonchev–Trinajstić information content (AvgIpc) is 2.82. The van der Waals surface area contributed by atoms with Crippen LogP contribution in [0.15, 0.2) is 52.1 Å². The molecular formula is C24H28N4O5. The molecule has 9 nitrogen and oxygen atoms in total. The predicted octanol–water partition coefficient (Wildman–Crippen LogP) is 2.30. The first-order chi connectivity index (χ1) is 15.8. The van der Waals surface area contributed by atoms with Crippen LogP contribution in [0, 0.1) is 6.92 Å². The highest BCUT2D eigenvalue weighted by atomic mass is 16.5. The lowest BCUT2D eigenvalue weighted by atomic mass is 10.1. The molecule has 1 N–H and O–H groups in total. The largest absolute Gasteiger partial charge is 0.493 e. The first kappa shape index (κ1) is 23.8. The highest BCUT2D eigenvalue weighted by Gasteiger charge is 2.22. The van der Waals surface area contributed by atoms with E-state index in [9.17, 15) is 14.4 Å². The Morgan fingerprint density at radius 2 is 1.79 bits per heavy atom. The van der Waals surface area contributed by atoms with Gasteiger partial charge in [0.25, 0.3) is 11.5 Å². The molecule has 0 aliphatic rings. The molecule has 2 aromatic carbocycles. The molecule has 0 saturated carbocycles. The normalized spacial score (nSPS) is 11.7. The minimum absolute atomic E-state index is 0.00373. The summed E-state index contributed by atoms with van der Waals surface area (Å²) >= 11 is 0. The number of ether oxygens (including phenoxy) is 2. The minimum atomic E-state index is -0.749. The molecule has 0 radical (unpaired) electrons. The number of rotatable bonds is 8. The van der Waals surface area contributed by atoms with Gasteiger partial charge >= 0.3 is 5.69 Å². The third kappa shape index (κ3) is 4.97. The summed E-state index contributed by atoms with van der Waals surface area (Å²) in [6.45, 7) is 5.64. The standard InChI is InChI=1S/C24H28N4O5/c1-6-16(3)25-22(29)21-23(30)27(14-17-10-8-7-9-15(17)2)24(31)28(26-21)18-11-12-19(32-4)20(13-18)33-5/h7-13,16H,6,14H2,1-5H3,(H,25,29)/t16-/m0/s1. The van der Waals surface area contributed by atoms with Crippen molar-refractivity contribution >= 4 is 5.91 Å². The highest BCUT2D eigenvalue weighted by molar-refractivity contribution is 5.91. The van der Waals surface area contributed by atoms with Gasteiger partial charge in [-0.25, -0.2) is 4.79 Å². The Morgan fingerprint density at radius 1 is 1.09 bits per heavy atom. The van der Waals surface area contributed by atoms with E-state index < -0.39 is 17.2 Å². The van der Waals surface area contributed by atoms with E-state index in [1.807, 2.05) is 45.0 Å². The molecule has 33 heavy (non-hydrogen) atoms. The summed E-state index contributed by atoms with van der Waals surface area (Å²) in [4.78, 5) is 39.5. The maximum absolute atomic E-state index is 13.4.